The molecule has 0 unspecified atom stereocenters. The van der Waals surface area contributed by atoms with Crippen molar-refractivity contribution >= 4 is 28.5 Å². The summed E-state index contributed by atoms with van der Waals surface area (Å²) in [5, 5.41) is 15.5. The summed E-state index contributed by atoms with van der Waals surface area (Å²) >= 11 is 0. The first-order valence-corrected chi connectivity index (χ1v) is 13.3. The topological polar surface area (TPSA) is 112 Å². The number of amides is 1. The number of carbonyl (C=O) groups is 2. The molecule has 9 heteroatoms. The van der Waals surface area contributed by atoms with E-state index in [1.165, 1.54) is 36.4 Å². The highest BCUT2D eigenvalue weighted by atomic mass is 19.1. The SMILES string of the molecule is CCOC(=O)c1c(-c2ccc(F)cc2)oc2cc([N+](=O)[O-])c(-c3cccc(C(=O)NC(C)(C)c4ccccc4)c3)cc12. The van der Waals surface area contributed by atoms with Gasteiger partial charge in [-0.3, -0.25) is 14.9 Å². The largest absolute Gasteiger partial charge is 0.462 e. The number of carbonyl (C=O) groups excluding carboxylic acids is 2. The fourth-order valence-corrected chi connectivity index (χ4v) is 4.84. The maximum absolute atomic E-state index is 13.6. The predicted octanol–water partition coefficient (Wildman–Crippen LogP) is 7.66. The Bertz CT molecular complexity index is 1810. The number of furan rings is 1. The van der Waals surface area contributed by atoms with Gasteiger partial charge in [-0.15, -0.1) is 0 Å². The Morgan fingerprint density at radius 3 is 2.33 bits per heavy atom. The van der Waals surface area contributed by atoms with Crippen LogP contribution in [-0.4, -0.2) is 23.4 Å². The van der Waals surface area contributed by atoms with Crippen molar-refractivity contribution in [2.75, 3.05) is 6.61 Å². The zero-order chi connectivity index (χ0) is 30.0. The molecule has 5 aromatic rings. The molecule has 4 aromatic carbocycles. The number of nitrogens with zero attached hydrogens (tertiary/aromatic N) is 1. The van der Waals surface area contributed by atoms with E-state index in [0.29, 0.717) is 16.7 Å². The van der Waals surface area contributed by atoms with Crippen LogP contribution in [0.1, 0.15) is 47.1 Å². The molecule has 1 heterocycles. The van der Waals surface area contributed by atoms with Crippen LogP contribution in [0.25, 0.3) is 33.4 Å². The number of hydrogen-bond donors (Lipinski definition) is 1. The lowest BCUT2D eigenvalue weighted by Crippen LogP contribution is -2.40. The molecule has 1 amide bonds. The number of rotatable bonds is 8. The second-order valence-electron chi connectivity index (χ2n) is 10.2. The minimum Gasteiger partial charge on any atom is -0.462 e. The number of esters is 1. The molecule has 0 fully saturated rings. The van der Waals surface area contributed by atoms with Gasteiger partial charge in [-0.2, -0.15) is 0 Å². The van der Waals surface area contributed by atoms with Crippen molar-refractivity contribution < 1.29 is 28.1 Å². The minimum atomic E-state index is -0.688. The molecule has 0 aliphatic carbocycles. The fraction of sp³-hybridized carbons (Fsp3) is 0.152. The Balaban J connectivity index is 1.62. The maximum Gasteiger partial charge on any atom is 0.342 e. The third-order valence-electron chi connectivity index (χ3n) is 6.95. The smallest absolute Gasteiger partial charge is 0.342 e. The maximum atomic E-state index is 13.6. The van der Waals surface area contributed by atoms with E-state index >= 15 is 0 Å². The van der Waals surface area contributed by atoms with Crippen LogP contribution in [-0.2, 0) is 10.3 Å². The summed E-state index contributed by atoms with van der Waals surface area (Å²) in [5.74, 6) is -1.41. The molecule has 0 saturated heterocycles. The van der Waals surface area contributed by atoms with Crippen LogP contribution in [0, 0.1) is 15.9 Å². The second kappa shape index (κ2) is 11.3. The molecule has 0 atom stereocenters. The van der Waals surface area contributed by atoms with E-state index in [9.17, 15) is 24.1 Å². The van der Waals surface area contributed by atoms with Crippen molar-refractivity contribution in [3.8, 4) is 22.5 Å². The van der Waals surface area contributed by atoms with Crippen LogP contribution >= 0.6 is 0 Å². The van der Waals surface area contributed by atoms with Crippen LogP contribution < -0.4 is 5.32 Å². The van der Waals surface area contributed by atoms with E-state index in [-0.39, 0.29) is 46.1 Å². The van der Waals surface area contributed by atoms with Gasteiger partial charge in [0, 0.05) is 16.5 Å². The van der Waals surface area contributed by atoms with Gasteiger partial charge < -0.3 is 14.5 Å². The number of hydrogen-bond acceptors (Lipinski definition) is 6. The first kappa shape index (κ1) is 28.2. The van der Waals surface area contributed by atoms with Gasteiger partial charge in [0.05, 0.1) is 28.7 Å². The van der Waals surface area contributed by atoms with Crippen LogP contribution in [0.4, 0.5) is 10.1 Å². The molecule has 0 aliphatic heterocycles. The summed E-state index contributed by atoms with van der Waals surface area (Å²) < 4.78 is 24.8. The molecule has 8 nitrogen and oxygen atoms in total. The molecule has 1 aromatic heterocycles. The Labute approximate surface area is 240 Å². The van der Waals surface area contributed by atoms with Crippen LogP contribution in [0.15, 0.2) is 95.4 Å². The lowest BCUT2D eigenvalue weighted by atomic mass is 9.93. The highest BCUT2D eigenvalue weighted by Crippen LogP contribution is 2.41. The standard InChI is InChI=1S/C33H27FN2O6/c1-4-41-32(38)29-26-18-25(27(36(39)40)19-28(26)42-30(29)20-13-15-24(34)16-14-20)21-9-8-10-22(17-21)31(37)35-33(2,3)23-11-6-5-7-12-23/h5-19H,4H2,1-3H3,(H,35,37). The summed E-state index contributed by atoms with van der Waals surface area (Å²) in [4.78, 5) is 38.0. The molecule has 42 heavy (non-hydrogen) atoms. The molecule has 212 valence electrons. The molecular weight excluding hydrogens is 539 g/mol. The van der Waals surface area contributed by atoms with E-state index in [2.05, 4.69) is 5.32 Å². The van der Waals surface area contributed by atoms with Crippen molar-refractivity contribution in [2.45, 2.75) is 26.3 Å². The van der Waals surface area contributed by atoms with Crippen molar-refractivity contribution in [1.82, 2.24) is 5.32 Å². The Hall–Kier alpha value is -5.31. The van der Waals surface area contributed by atoms with Crippen molar-refractivity contribution in [3.63, 3.8) is 0 Å². The molecule has 0 bridgehead atoms. The minimum absolute atomic E-state index is 0.0631. The van der Waals surface area contributed by atoms with Crippen LogP contribution in [0.2, 0.25) is 0 Å². The number of ether oxygens (including phenoxy) is 1. The number of halogens is 1. The van der Waals surface area contributed by atoms with E-state index in [0.717, 1.165) is 5.56 Å². The summed E-state index contributed by atoms with van der Waals surface area (Å²) in [5.41, 5.74) is 1.39. The van der Waals surface area contributed by atoms with Crippen LogP contribution in [0.5, 0.6) is 0 Å². The van der Waals surface area contributed by atoms with Gasteiger partial charge in [-0.05, 0) is 74.4 Å². The second-order valence-corrected chi connectivity index (χ2v) is 10.2. The van der Waals surface area contributed by atoms with Crippen molar-refractivity contribution in [1.29, 1.82) is 0 Å². The van der Waals surface area contributed by atoms with Gasteiger partial charge in [0.15, 0.2) is 0 Å². The van der Waals surface area contributed by atoms with Gasteiger partial charge in [0.2, 0.25) is 0 Å². The molecule has 0 spiro atoms. The van der Waals surface area contributed by atoms with Gasteiger partial charge in [-0.1, -0.05) is 42.5 Å². The average Bonchev–Trinajstić information content (AvgIpc) is 3.36. The fourth-order valence-electron chi connectivity index (χ4n) is 4.84. The summed E-state index contributed by atoms with van der Waals surface area (Å²) in [6, 6.07) is 24.1. The molecule has 5 rings (SSSR count). The van der Waals surface area contributed by atoms with E-state index < -0.39 is 22.2 Å². The molecule has 0 aliphatic rings. The predicted molar refractivity (Wildman–Crippen MR) is 157 cm³/mol. The number of nitro benzene ring substituents is 1. The first-order valence-electron chi connectivity index (χ1n) is 13.3. The van der Waals surface area contributed by atoms with E-state index in [4.69, 9.17) is 9.15 Å². The highest BCUT2D eigenvalue weighted by molar-refractivity contribution is 6.10. The zero-order valence-corrected chi connectivity index (χ0v) is 23.1. The number of nitrogens with one attached hydrogen (secondary N) is 1. The van der Waals surface area contributed by atoms with Gasteiger partial charge in [-0.25, -0.2) is 9.18 Å². The van der Waals surface area contributed by atoms with Crippen molar-refractivity contribution in [3.05, 3.63) is 124 Å². The summed E-state index contributed by atoms with van der Waals surface area (Å²) in [6.45, 7) is 5.52. The summed E-state index contributed by atoms with van der Waals surface area (Å²) in [6.07, 6.45) is 0. The normalized spacial score (nSPS) is 11.3. The number of nitro groups is 1. The average molecular weight is 567 g/mol. The molecule has 0 saturated carbocycles. The van der Waals surface area contributed by atoms with E-state index in [1.54, 1.807) is 31.2 Å². The Morgan fingerprint density at radius 1 is 0.952 bits per heavy atom. The Morgan fingerprint density at radius 2 is 1.67 bits per heavy atom. The monoisotopic (exact) mass is 566 g/mol. The number of fused-ring (bicyclic) bond motifs is 1. The zero-order valence-electron chi connectivity index (χ0n) is 23.1. The molecular formula is C33H27FN2O6. The van der Waals surface area contributed by atoms with Gasteiger partial charge >= 0.3 is 5.97 Å². The van der Waals surface area contributed by atoms with Gasteiger partial charge in [0.25, 0.3) is 11.6 Å². The number of benzene rings is 4. The van der Waals surface area contributed by atoms with Gasteiger partial charge in [0.1, 0.15) is 22.7 Å². The Kier molecular flexibility index (Phi) is 7.58. The van der Waals surface area contributed by atoms with Crippen molar-refractivity contribution in [2.24, 2.45) is 0 Å². The molecule has 0 radical (unpaired) electrons. The molecule has 1 N–H and O–H groups in total. The third-order valence-corrected chi connectivity index (χ3v) is 6.95. The van der Waals surface area contributed by atoms with Crippen LogP contribution in [0.3, 0.4) is 0 Å². The highest BCUT2D eigenvalue weighted by Gasteiger charge is 2.28. The lowest BCUT2D eigenvalue weighted by molar-refractivity contribution is -0.384. The third kappa shape index (κ3) is 5.49. The summed E-state index contributed by atoms with van der Waals surface area (Å²) in [7, 11) is 0. The first-order chi connectivity index (χ1) is 20.1. The quantitative estimate of drug-likeness (QED) is 0.117. The lowest BCUT2D eigenvalue weighted by Gasteiger charge is -2.27. The van der Waals surface area contributed by atoms with E-state index in [1.807, 2.05) is 44.2 Å².